The van der Waals surface area contributed by atoms with E-state index >= 15 is 0 Å². The highest BCUT2D eigenvalue weighted by atomic mass is 79.9. The second-order valence-electron chi connectivity index (χ2n) is 4.12. The fourth-order valence-corrected chi connectivity index (χ4v) is 2.23. The Morgan fingerprint density at radius 1 is 1.30 bits per heavy atom. The lowest BCUT2D eigenvalue weighted by Crippen LogP contribution is -2.23. The first kappa shape index (κ1) is 14.2. The molecule has 0 aliphatic rings. The highest BCUT2D eigenvalue weighted by Crippen LogP contribution is 2.18. The van der Waals surface area contributed by atoms with Gasteiger partial charge in [0.25, 0.3) is 5.91 Å². The molecule has 0 atom stereocenters. The van der Waals surface area contributed by atoms with Crippen LogP contribution in [-0.4, -0.2) is 5.91 Å². The van der Waals surface area contributed by atoms with E-state index in [2.05, 4.69) is 21.2 Å². The van der Waals surface area contributed by atoms with E-state index in [-0.39, 0.29) is 5.91 Å². The summed E-state index contributed by atoms with van der Waals surface area (Å²) in [5, 5.41) is 11.5. The third-order valence-corrected chi connectivity index (χ3v) is 3.34. The van der Waals surface area contributed by atoms with Crippen molar-refractivity contribution in [3.63, 3.8) is 0 Å². The zero-order chi connectivity index (χ0) is 14.5. The summed E-state index contributed by atoms with van der Waals surface area (Å²) in [6, 6.07) is 12.9. The molecule has 1 N–H and O–H groups in total. The minimum absolute atomic E-state index is 0.304. The maximum Gasteiger partial charge on any atom is 0.252 e. The normalized spacial score (nSPS) is 9.85. The van der Waals surface area contributed by atoms with Crippen LogP contribution in [0.15, 0.2) is 46.9 Å². The molecular weight excluding hydrogens is 323 g/mol. The average molecular weight is 333 g/mol. The smallest absolute Gasteiger partial charge is 0.252 e. The van der Waals surface area contributed by atoms with Crippen LogP contribution in [0.4, 0.5) is 4.39 Å². The number of halogens is 2. The Hall–Kier alpha value is -2.19. The standard InChI is InChI=1S/C15H10BrFN2O/c16-14-7-12(17)4-5-13(14)15(20)19-9-11-3-1-2-10(6-11)8-18/h1-7H,9H2,(H,19,20). The van der Waals surface area contributed by atoms with Crippen LogP contribution in [0, 0.1) is 17.1 Å². The fraction of sp³-hybridized carbons (Fsp3) is 0.0667. The first-order valence-electron chi connectivity index (χ1n) is 5.82. The Morgan fingerprint density at radius 2 is 2.10 bits per heavy atom. The van der Waals surface area contributed by atoms with E-state index in [1.807, 2.05) is 12.1 Å². The van der Waals surface area contributed by atoms with Crippen molar-refractivity contribution in [2.24, 2.45) is 0 Å². The van der Waals surface area contributed by atoms with Gasteiger partial charge in [-0.05, 0) is 51.8 Å². The van der Waals surface area contributed by atoms with E-state index in [0.717, 1.165) is 5.56 Å². The second-order valence-corrected chi connectivity index (χ2v) is 4.97. The van der Waals surface area contributed by atoms with E-state index < -0.39 is 5.82 Å². The van der Waals surface area contributed by atoms with Gasteiger partial charge in [-0.1, -0.05) is 12.1 Å². The van der Waals surface area contributed by atoms with Gasteiger partial charge in [-0.15, -0.1) is 0 Å². The van der Waals surface area contributed by atoms with Crippen LogP contribution < -0.4 is 5.32 Å². The molecule has 2 aromatic rings. The summed E-state index contributed by atoms with van der Waals surface area (Å²) in [6.07, 6.45) is 0. The van der Waals surface area contributed by atoms with Crippen LogP contribution >= 0.6 is 15.9 Å². The Labute approximate surface area is 124 Å². The predicted molar refractivity (Wildman–Crippen MR) is 76.4 cm³/mol. The molecule has 0 saturated carbocycles. The number of hydrogen-bond acceptors (Lipinski definition) is 2. The number of nitrogens with one attached hydrogen (secondary N) is 1. The summed E-state index contributed by atoms with van der Waals surface area (Å²) in [4.78, 5) is 12.0. The Bertz CT molecular complexity index is 695. The summed E-state index contributed by atoms with van der Waals surface area (Å²) in [5.41, 5.74) is 1.73. The number of nitrogens with zero attached hydrogens (tertiary/aromatic N) is 1. The number of rotatable bonds is 3. The summed E-state index contributed by atoms with van der Waals surface area (Å²) >= 11 is 3.15. The largest absolute Gasteiger partial charge is 0.348 e. The minimum atomic E-state index is -0.407. The maximum absolute atomic E-state index is 13.0. The van der Waals surface area contributed by atoms with Crippen molar-refractivity contribution < 1.29 is 9.18 Å². The van der Waals surface area contributed by atoms with E-state index in [9.17, 15) is 9.18 Å². The molecule has 2 rings (SSSR count). The summed E-state index contributed by atoms with van der Waals surface area (Å²) < 4.78 is 13.4. The summed E-state index contributed by atoms with van der Waals surface area (Å²) in [5.74, 6) is -0.714. The highest BCUT2D eigenvalue weighted by molar-refractivity contribution is 9.10. The zero-order valence-corrected chi connectivity index (χ0v) is 11.9. The van der Waals surface area contributed by atoms with Gasteiger partial charge in [-0.25, -0.2) is 4.39 Å². The van der Waals surface area contributed by atoms with Gasteiger partial charge in [0.15, 0.2) is 0 Å². The van der Waals surface area contributed by atoms with Gasteiger partial charge in [-0.2, -0.15) is 5.26 Å². The first-order chi connectivity index (χ1) is 9.60. The Kier molecular flexibility index (Phi) is 4.49. The molecule has 1 amide bonds. The summed E-state index contributed by atoms with van der Waals surface area (Å²) in [7, 11) is 0. The molecule has 5 heteroatoms. The molecule has 2 aromatic carbocycles. The molecule has 0 aliphatic carbocycles. The van der Waals surface area contributed by atoms with E-state index in [1.54, 1.807) is 18.2 Å². The lowest BCUT2D eigenvalue weighted by molar-refractivity contribution is 0.0950. The van der Waals surface area contributed by atoms with Gasteiger partial charge < -0.3 is 5.32 Å². The van der Waals surface area contributed by atoms with E-state index in [4.69, 9.17) is 5.26 Å². The molecule has 0 aliphatic heterocycles. The molecule has 20 heavy (non-hydrogen) atoms. The van der Waals surface area contributed by atoms with Crippen LogP contribution in [0.5, 0.6) is 0 Å². The molecule has 0 heterocycles. The quantitative estimate of drug-likeness (QED) is 0.936. The SMILES string of the molecule is N#Cc1cccc(CNC(=O)c2ccc(F)cc2Br)c1. The molecule has 3 nitrogen and oxygen atoms in total. The maximum atomic E-state index is 13.0. The monoisotopic (exact) mass is 332 g/mol. The van der Waals surface area contributed by atoms with Crippen molar-refractivity contribution in [1.82, 2.24) is 5.32 Å². The van der Waals surface area contributed by atoms with Gasteiger partial charge in [0, 0.05) is 11.0 Å². The van der Waals surface area contributed by atoms with Crippen molar-refractivity contribution >= 4 is 21.8 Å². The number of carbonyl (C=O) groups excluding carboxylic acids is 1. The van der Waals surface area contributed by atoms with Crippen LogP contribution in [0.1, 0.15) is 21.5 Å². The van der Waals surface area contributed by atoms with E-state index in [0.29, 0.717) is 22.1 Å². The lowest BCUT2D eigenvalue weighted by atomic mass is 10.1. The first-order valence-corrected chi connectivity index (χ1v) is 6.62. The number of benzene rings is 2. The zero-order valence-electron chi connectivity index (χ0n) is 10.4. The van der Waals surface area contributed by atoms with E-state index in [1.165, 1.54) is 18.2 Å². The van der Waals surface area contributed by atoms with Crippen molar-refractivity contribution in [3.8, 4) is 6.07 Å². The van der Waals surface area contributed by atoms with Crippen molar-refractivity contribution in [3.05, 3.63) is 69.4 Å². The number of amides is 1. The number of carbonyl (C=O) groups is 1. The van der Waals surface area contributed by atoms with Gasteiger partial charge in [0.05, 0.1) is 17.2 Å². The lowest BCUT2D eigenvalue weighted by Gasteiger charge is -2.07. The molecular formula is C15H10BrFN2O. The second kappa shape index (κ2) is 6.31. The fourth-order valence-electron chi connectivity index (χ4n) is 1.70. The van der Waals surface area contributed by atoms with Gasteiger partial charge in [-0.3, -0.25) is 4.79 Å². The summed E-state index contributed by atoms with van der Waals surface area (Å²) in [6.45, 7) is 0.304. The van der Waals surface area contributed by atoms with Gasteiger partial charge in [0.2, 0.25) is 0 Å². The Balaban J connectivity index is 2.07. The molecule has 0 fully saturated rings. The predicted octanol–water partition coefficient (Wildman–Crippen LogP) is 3.39. The third-order valence-electron chi connectivity index (χ3n) is 2.68. The number of nitriles is 1. The van der Waals surface area contributed by atoms with Gasteiger partial charge >= 0.3 is 0 Å². The van der Waals surface area contributed by atoms with Gasteiger partial charge in [0.1, 0.15) is 5.82 Å². The molecule has 0 unspecified atom stereocenters. The van der Waals surface area contributed by atoms with Crippen molar-refractivity contribution in [1.29, 1.82) is 5.26 Å². The third kappa shape index (κ3) is 3.43. The van der Waals surface area contributed by atoms with Crippen LogP contribution in [0.25, 0.3) is 0 Å². The van der Waals surface area contributed by atoms with Crippen molar-refractivity contribution in [2.45, 2.75) is 6.54 Å². The molecule has 0 radical (unpaired) electrons. The highest BCUT2D eigenvalue weighted by Gasteiger charge is 2.10. The molecule has 0 saturated heterocycles. The van der Waals surface area contributed by atoms with Crippen LogP contribution in [0.3, 0.4) is 0 Å². The molecule has 0 spiro atoms. The topological polar surface area (TPSA) is 52.9 Å². The van der Waals surface area contributed by atoms with Crippen LogP contribution in [-0.2, 0) is 6.54 Å². The molecule has 0 bridgehead atoms. The van der Waals surface area contributed by atoms with Crippen LogP contribution in [0.2, 0.25) is 0 Å². The Morgan fingerprint density at radius 3 is 2.80 bits per heavy atom. The average Bonchev–Trinajstić information content (AvgIpc) is 2.45. The molecule has 100 valence electrons. The molecule has 0 aromatic heterocycles. The minimum Gasteiger partial charge on any atom is -0.348 e. The number of hydrogen-bond donors (Lipinski definition) is 1. The van der Waals surface area contributed by atoms with Crippen molar-refractivity contribution in [2.75, 3.05) is 0 Å².